The van der Waals surface area contributed by atoms with Crippen LogP contribution in [-0.4, -0.2) is 30.9 Å². The molecule has 1 aromatic heterocycles. The quantitative estimate of drug-likeness (QED) is 0.639. The molecule has 2 heterocycles. The summed E-state index contributed by atoms with van der Waals surface area (Å²) in [6, 6.07) is 12.0. The highest BCUT2D eigenvalue weighted by Gasteiger charge is 2.22. The van der Waals surface area contributed by atoms with E-state index in [1.165, 1.54) is 7.11 Å². The summed E-state index contributed by atoms with van der Waals surface area (Å²) in [6.45, 7) is 1.51. The van der Waals surface area contributed by atoms with Crippen molar-refractivity contribution in [2.24, 2.45) is 0 Å². The van der Waals surface area contributed by atoms with Gasteiger partial charge in [-0.05, 0) is 37.1 Å². The van der Waals surface area contributed by atoms with Gasteiger partial charge in [0, 0.05) is 30.0 Å². The maximum Gasteiger partial charge on any atom is 0.337 e. The number of esters is 1. The van der Waals surface area contributed by atoms with Gasteiger partial charge < -0.3 is 14.0 Å². The first-order valence-electron chi connectivity index (χ1n) is 8.09. The fourth-order valence-electron chi connectivity index (χ4n) is 3.63. The Labute approximate surface area is 144 Å². The van der Waals surface area contributed by atoms with E-state index >= 15 is 0 Å². The summed E-state index contributed by atoms with van der Waals surface area (Å²) in [5.74, 6) is -0.327. The zero-order valence-corrected chi connectivity index (χ0v) is 14.2. The van der Waals surface area contributed by atoms with Gasteiger partial charge in [-0.1, -0.05) is 23.7 Å². The number of fused-ring (bicyclic) bond motifs is 3. The first-order chi connectivity index (χ1) is 11.7. The summed E-state index contributed by atoms with van der Waals surface area (Å²) in [4.78, 5) is 11.9. The van der Waals surface area contributed by atoms with Crippen LogP contribution in [0.25, 0.3) is 21.8 Å². The molecule has 24 heavy (non-hydrogen) atoms. The molecule has 5 heteroatoms. The number of hydrogen-bond donors (Lipinski definition) is 0. The molecule has 4 rings (SSSR count). The number of halogens is 1. The molecule has 1 aliphatic heterocycles. The number of methoxy groups -OCH3 is 1. The highest BCUT2D eigenvalue weighted by atomic mass is 35.5. The van der Waals surface area contributed by atoms with Gasteiger partial charge in [0.1, 0.15) is 0 Å². The van der Waals surface area contributed by atoms with Gasteiger partial charge in [0.2, 0.25) is 0 Å². The van der Waals surface area contributed by atoms with E-state index in [4.69, 9.17) is 21.1 Å². The topological polar surface area (TPSA) is 40.5 Å². The molecule has 0 bridgehead atoms. The van der Waals surface area contributed by atoms with Crippen LogP contribution in [0.2, 0.25) is 5.02 Å². The van der Waals surface area contributed by atoms with Crippen LogP contribution in [0.5, 0.6) is 0 Å². The number of rotatable bonds is 2. The van der Waals surface area contributed by atoms with Crippen molar-refractivity contribution in [2.75, 3.05) is 20.3 Å². The van der Waals surface area contributed by atoms with Crippen LogP contribution in [0.4, 0.5) is 0 Å². The second-order valence-corrected chi connectivity index (χ2v) is 6.48. The fourth-order valence-corrected chi connectivity index (χ4v) is 3.91. The molecule has 1 aliphatic rings. The summed E-state index contributed by atoms with van der Waals surface area (Å²) < 4.78 is 12.7. The van der Waals surface area contributed by atoms with Crippen LogP contribution in [-0.2, 0) is 9.47 Å². The number of carbonyl (C=O) groups excluding carboxylic acids is 1. The van der Waals surface area contributed by atoms with E-state index in [1.54, 1.807) is 6.07 Å². The predicted octanol–water partition coefficient (Wildman–Crippen LogP) is 4.59. The van der Waals surface area contributed by atoms with Gasteiger partial charge in [-0.25, -0.2) is 4.79 Å². The normalized spacial score (nSPS) is 15.9. The first kappa shape index (κ1) is 15.5. The molecular formula is C19H18ClNO3. The molecule has 0 saturated carbocycles. The number of carbonyl (C=O) groups is 1. The number of hydrogen-bond acceptors (Lipinski definition) is 3. The molecule has 0 N–H and O–H groups in total. The van der Waals surface area contributed by atoms with Crippen LogP contribution in [0.3, 0.4) is 0 Å². The Balaban J connectivity index is 2.04. The minimum atomic E-state index is -0.327. The monoisotopic (exact) mass is 343 g/mol. The average molecular weight is 344 g/mol. The zero-order valence-electron chi connectivity index (χ0n) is 13.4. The molecule has 1 saturated heterocycles. The van der Waals surface area contributed by atoms with Crippen molar-refractivity contribution in [3.8, 4) is 0 Å². The molecule has 0 radical (unpaired) electrons. The lowest BCUT2D eigenvalue weighted by Crippen LogP contribution is -2.19. The third kappa shape index (κ3) is 2.38. The highest BCUT2D eigenvalue weighted by Crippen LogP contribution is 2.38. The van der Waals surface area contributed by atoms with Crippen LogP contribution in [0.15, 0.2) is 36.4 Å². The van der Waals surface area contributed by atoms with Crippen molar-refractivity contribution in [1.82, 2.24) is 4.57 Å². The Kier molecular flexibility index (Phi) is 3.94. The minimum absolute atomic E-state index is 0.327. The summed E-state index contributed by atoms with van der Waals surface area (Å²) in [5, 5.41) is 2.83. The van der Waals surface area contributed by atoms with Gasteiger partial charge in [-0.3, -0.25) is 0 Å². The molecule has 3 aromatic rings. The fraction of sp³-hybridized carbons (Fsp3) is 0.316. The van der Waals surface area contributed by atoms with Crippen molar-refractivity contribution in [1.29, 1.82) is 0 Å². The maximum atomic E-state index is 11.9. The van der Waals surface area contributed by atoms with E-state index in [9.17, 15) is 4.79 Å². The standard InChI is InChI=1S/C19H18ClNO3/c1-23-19(22)12-5-6-14-17(11-12)21(13-7-9-24-10-8-13)16-4-2-3-15(20)18(14)16/h2-6,11,13H,7-10H2,1H3. The van der Waals surface area contributed by atoms with Crippen LogP contribution < -0.4 is 0 Å². The minimum Gasteiger partial charge on any atom is -0.465 e. The Morgan fingerprint density at radius 2 is 2.00 bits per heavy atom. The lowest BCUT2D eigenvalue weighted by atomic mass is 10.1. The summed E-state index contributed by atoms with van der Waals surface area (Å²) in [7, 11) is 1.40. The van der Waals surface area contributed by atoms with Crippen molar-refractivity contribution >= 4 is 39.4 Å². The van der Waals surface area contributed by atoms with Gasteiger partial charge in [-0.15, -0.1) is 0 Å². The van der Waals surface area contributed by atoms with Gasteiger partial charge in [0.25, 0.3) is 0 Å². The van der Waals surface area contributed by atoms with Crippen LogP contribution in [0, 0.1) is 0 Å². The predicted molar refractivity (Wildman–Crippen MR) is 94.9 cm³/mol. The van der Waals surface area contributed by atoms with E-state index in [-0.39, 0.29) is 5.97 Å². The molecule has 0 aliphatic carbocycles. The lowest BCUT2D eigenvalue weighted by molar-refractivity contribution is 0.0600. The van der Waals surface area contributed by atoms with Crippen molar-refractivity contribution in [3.05, 3.63) is 47.0 Å². The summed E-state index contributed by atoms with van der Waals surface area (Å²) >= 11 is 6.49. The number of benzene rings is 2. The van der Waals surface area contributed by atoms with Gasteiger partial charge in [0.15, 0.2) is 0 Å². The Morgan fingerprint density at radius 3 is 2.75 bits per heavy atom. The molecule has 4 nitrogen and oxygen atoms in total. The maximum absolute atomic E-state index is 11.9. The molecule has 1 fully saturated rings. The lowest BCUT2D eigenvalue weighted by Gasteiger charge is -2.25. The van der Waals surface area contributed by atoms with Crippen molar-refractivity contribution < 1.29 is 14.3 Å². The Hall–Kier alpha value is -2.04. The average Bonchev–Trinajstić information content (AvgIpc) is 2.96. The third-order valence-electron chi connectivity index (χ3n) is 4.75. The van der Waals surface area contributed by atoms with Crippen LogP contribution >= 0.6 is 11.6 Å². The van der Waals surface area contributed by atoms with Crippen LogP contribution in [0.1, 0.15) is 29.2 Å². The van der Waals surface area contributed by atoms with E-state index in [0.717, 1.165) is 52.9 Å². The van der Waals surface area contributed by atoms with E-state index in [1.807, 2.05) is 24.3 Å². The second-order valence-electron chi connectivity index (χ2n) is 6.07. The SMILES string of the molecule is COC(=O)c1ccc2c3c(Cl)cccc3n(C3CCOCC3)c2c1. The number of nitrogens with zero attached hydrogens (tertiary/aromatic N) is 1. The first-order valence-corrected chi connectivity index (χ1v) is 8.46. The van der Waals surface area contributed by atoms with E-state index in [0.29, 0.717) is 11.6 Å². The van der Waals surface area contributed by atoms with Crippen molar-refractivity contribution in [2.45, 2.75) is 18.9 Å². The molecule has 0 amide bonds. The largest absolute Gasteiger partial charge is 0.465 e. The number of ether oxygens (including phenoxy) is 2. The molecule has 2 aromatic carbocycles. The molecule has 0 spiro atoms. The Morgan fingerprint density at radius 1 is 1.21 bits per heavy atom. The van der Waals surface area contributed by atoms with Gasteiger partial charge >= 0.3 is 5.97 Å². The zero-order chi connectivity index (χ0) is 16.7. The second kappa shape index (κ2) is 6.11. The summed E-state index contributed by atoms with van der Waals surface area (Å²) in [5.41, 5.74) is 2.68. The van der Waals surface area contributed by atoms with Gasteiger partial charge in [0.05, 0.1) is 28.7 Å². The number of aromatic nitrogens is 1. The summed E-state index contributed by atoms with van der Waals surface area (Å²) in [6.07, 6.45) is 1.90. The highest BCUT2D eigenvalue weighted by molar-refractivity contribution is 6.38. The Bertz CT molecular complexity index is 925. The van der Waals surface area contributed by atoms with E-state index in [2.05, 4.69) is 10.6 Å². The third-order valence-corrected chi connectivity index (χ3v) is 5.07. The van der Waals surface area contributed by atoms with Gasteiger partial charge in [-0.2, -0.15) is 0 Å². The van der Waals surface area contributed by atoms with Crippen molar-refractivity contribution in [3.63, 3.8) is 0 Å². The molecular weight excluding hydrogens is 326 g/mol. The smallest absolute Gasteiger partial charge is 0.337 e. The molecule has 124 valence electrons. The molecule has 0 atom stereocenters. The molecule has 0 unspecified atom stereocenters. The van der Waals surface area contributed by atoms with E-state index < -0.39 is 0 Å².